The molecule has 1 heterocycles. The van der Waals surface area contributed by atoms with Crippen LogP contribution in [0.4, 0.5) is 30.4 Å². The summed E-state index contributed by atoms with van der Waals surface area (Å²) in [5, 5.41) is 2.94. The number of aromatic nitrogens is 1. The van der Waals surface area contributed by atoms with Gasteiger partial charge in [0, 0.05) is 11.9 Å². The van der Waals surface area contributed by atoms with Crippen LogP contribution >= 0.6 is 0 Å². The van der Waals surface area contributed by atoms with Crippen molar-refractivity contribution in [3.05, 3.63) is 42.6 Å². The number of anilines is 3. The number of alkyl halides is 3. The smallest absolute Gasteiger partial charge is 0.406 e. The minimum Gasteiger partial charge on any atom is -0.406 e. The number of rotatable bonds is 3. The zero-order valence-electron chi connectivity index (χ0n) is 9.61. The lowest BCUT2D eigenvalue weighted by Gasteiger charge is -2.11. The predicted octanol–water partition coefficient (Wildman–Crippen LogP) is 3.31. The molecule has 0 spiro atoms. The van der Waals surface area contributed by atoms with Gasteiger partial charge in [-0.2, -0.15) is 0 Å². The Morgan fingerprint density at radius 3 is 2.37 bits per heavy atom. The Morgan fingerprint density at radius 1 is 1.11 bits per heavy atom. The Hall–Kier alpha value is -2.44. The van der Waals surface area contributed by atoms with Crippen molar-refractivity contribution >= 4 is 17.2 Å². The highest BCUT2D eigenvalue weighted by Crippen LogP contribution is 2.26. The van der Waals surface area contributed by atoms with Crippen LogP contribution in [0.15, 0.2) is 42.6 Å². The minimum atomic E-state index is -4.69. The lowest BCUT2D eigenvalue weighted by Crippen LogP contribution is -2.16. The lowest BCUT2D eigenvalue weighted by atomic mass is 10.3. The zero-order valence-corrected chi connectivity index (χ0v) is 9.61. The number of benzene rings is 1. The molecule has 0 radical (unpaired) electrons. The van der Waals surface area contributed by atoms with Crippen LogP contribution in [0.1, 0.15) is 0 Å². The maximum atomic E-state index is 12.0. The van der Waals surface area contributed by atoms with Crippen LogP contribution in [-0.4, -0.2) is 11.3 Å². The molecule has 0 saturated carbocycles. The zero-order chi connectivity index (χ0) is 13.9. The molecule has 2 aromatic rings. The summed E-state index contributed by atoms with van der Waals surface area (Å²) in [6, 6.07) is 8.73. The van der Waals surface area contributed by atoms with E-state index in [1.54, 1.807) is 18.3 Å². The topological polar surface area (TPSA) is 60.2 Å². The molecule has 0 saturated heterocycles. The predicted molar refractivity (Wildman–Crippen MR) is 65.1 cm³/mol. The molecule has 7 heteroatoms. The van der Waals surface area contributed by atoms with E-state index in [1.165, 1.54) is 24.3 Å². The summed E-state index contributed by atoms with van der Waals surface area (Å²) < 4.78 is 39.7. The second kappa shape index (κ2) is 5.05. The Kier molecular flexibility index (Phi) is 3.46. The summed E-state index contributed by atoms with van der Waals surface area (Å²) in [5.74, 6) is 0.0235. The van der Waals surface area contributed by atoms with E-state index >= 15 is 0 Å². The van der Waals surface area contributed by atoms with Gasteiger partial charge in [-0.15, -0.1) is 13.2 Å². The van der Waals surface area contributed by atoms with Gasteiger partial charge in [-0.3, -0.25) is 0 Å². The average Bonchev–Trinajstić information content (AvgIpc) is 2.33. The number of nitrogens with zero attached hydrogens (tertiary/aromatic N) is 1. The van der Waals surface area contributed by atoms with Crippen LogP contribution in [0, 0.1) is 0 Å². The molecule has 0 amide bonds. The Morgan fingerprint density at radius 2 is 1.79 bits per heavy atom. The van der Waals surface area contributed by atoms with Crippen LogP contribution in [0.5, 0.6) is 5.75 Å². The molecular formula is C12H10F3N3O. The molecule has 0 bridgehead atoms. The quantitative estimate of drug-likeness (QED) is 0.897. The first-order valence-corrected chi connectivity index (χ1v) is 5.27. The molecule has 1 aromatic carbocycles. The minimum absolute atomic E-state index is 0.280. The SMILES string of the molecule is Nc1ncccc1Nc1ccc(OC(F)(F)F)cc1. The molecular weight excluding hydrogens is 259 g/mol. The molecule has 0 aliphatic rings. The number of nitrogens with two attached hydrogens (primary N) is 1. The largest absolute Gasteiger partial charge is 0.573 e. The third kappa shape index (κ3) is 3.77. The highest BCUT2D eigenvalue weighted by molar-refractivity contribution is 5.69. The molecule has 2 rings (SSSR count). The number of hydrogen-bond acceptors (Lipinski definition) is 4. The van der Waals surface area contributed by atoms with E-state index < -0.39 is 6.36 Å². The fourth-order valence-electron chi connectivity index (χ4n) is 1.42. The molecule has 0 aliphatic heterocycles. The fraction of sp³-hybridized carbons (Fsp3) is 0.0833. The van der Waals surface area contributed by atoms with Crippen LogP contribution in [0.3, 0.4) is 0 Å². The second-order valence-electron chi connectivity index (χ2n) is 3.63. The van der Waals surface area contributed by atoms with Gasteiger partial charge in [0.05, 0.1) is 5.69 Å². The highest BCUT2D eigenvalue weighted by atomic mass is 19.4. The van der Waals surface area contributed by atoms with Crippen molar-refractivity contribution in [2.24, 2.45) is 0 Å². The molecule has 1 aromatic heterocycles. The van der Waals surface area contributed by atoms with Gasteiger partial charge in [0.15, 0.2) is 0 Å². The summed E-state index contributed by atoms with van der Waals surface area (Å²) in [6.45, 7) is 0. The first kappa shape index (κ1) is 13.0. The van der Waals surface area contributed by atoms with E-state index in [4.69, 9.17) is 5.73 Å². The van der Waals surface area contributed by atoms with Gasteiger partial charge >= 0.3 is 6.36 Å². The first-order chi connectivity index (χ1) is 8.94. The van der Waals surface area contributed by atoms with Crippen LogP contribution in [0.25, 0.3) is 0 Å². The van der Waals surface area contributed by atoms with Gasteiger partial charge in [-0.05, 0) is 36.4 Å². The maximum absolute atomic E-state index is 12.0. The van der Waals surface area contributed by atoms with E-state index in [0.29, 0.717) is 17.2 Å². The van der Waals surface area contributed by atoms with Gasteiger partial charge in [-0.1, -0.05) is 0 Å². The van der Waals surface area contributed by atoms with Gasteiger partial charge in [0.2, 0.25) is 0 Å². The van der Waals surface area contributed by atoms with Crippen molar-refractivity contribution in [2.75, 3.05) is 11.1 Å². The van der Waals surface area contributed by atoms with Gasteiger partial charge in [-0.25, -0.2) is 4.98 Å². The summed E-state index contributed by atoms with van der Waals surface area (Å²) in [6.07, 6.45) is -3.15. The fourth-order valence-corrected chi connectivity index (χ4v) is 1.42. The van der Waals surface area contributed by atoms with Crippen molar-refractivity contribution < 1.29 is 17.9 Å². The second-order valence-corrected chi connectivity index (χ2v) is 3.63. The molecule has 19 heavy (non-hydrogen) atoms. The standard InChI is InChI=1S/C12H10F3N3O/c13-12(14,15)19-9-5-3-8(4-6-9)18-10-2-1-7-17-11(10)16/h1-7,18H,(H2,16,17). The third-order valence-corrected chi connectivity index (χ3v) is 2.21. The monoisotopic (exact) mass is 269 g/mol. The molecule has 0 aliphatic carbocycles. The average molecular weight is 269 g/mol. The highest BCUT2D eigenvalue weighted by Gasteiger charge is 2.30. The normalized spacial score (nSPS) is 11.1. The maximum Gasteiger partial charge on any atom is 0.573 e. The van der Waals surface area contributed by atoms with Crippen molar-refractivity contribution in [1.82, 2.24) is 4.98 Å². The summed E-state index contributed by atoms with van der Waals surface area (Å²) in [4.78, 5) is 3.88. The number of hydrogen-bond donors (Lipinski definition) is 2. The molecule has 0 unspecified atom stereocenters. The molecule has 4 nitrogen and oxygen atoms in total. The number of nitrogens with one attached hydrogen (secondary N) is 1. The van der Waals surface area contributed by atoms with Crippen molar-refractivity contribution in [3.63, 3.8) is 0 Å². The first-order valence-electron chi connectivity index (χ1n) is 5.27. The molecule has 0 fully saturated rings. The Bertz CT molecular complexity index is 555. The van der Waals surface area contributed by atoms with Gasteiger partial charge < -0.3 is 15.8 Å². The van der Waals surface area contributed by atoms with Crippen molar-refractivity contribution in [2.45, 2.75) is 6.36 Å². The number of pyridine rings is 1. The van der Waals surface area contributed by atoms with E-state index in [0.717, 1.165) is 0 Å². The number of halogens is 3. The summed E-state index contributed by atoms with van der Waals surface area (Å²) >= 11 is 0. The van der Waals surface area contributed by atoms with Gasteiger partial charge in [0.1, 0.15) is 11.6 Å². The van der Waals surface area contributed by atoms with Crippen molar-refractivity contribution in [1.29, 1.82) is 0 Å². The lowest BCUT2D eigenvalue weighted by molar-refractivity contribution is -0.274. The van der Waals surface area contributed by atoms with Crippen LogP contribution in [-0.2, 0) is 0 Å². The van der Waals surface area contributed by atoms with Crippen LogP contribution in [0.2, 0.25) is 0 Å². The van der Waals surface area contributed by atoms with Crippen molar-refractivity contribution in [3.8, 4) is 5.75 Å². The molecule has 3 N–H and O–H groups in total. The van der Waals surface area contributed by atoms with Gasteiger partial charge in [0.25, 0.3) is 0 Å². The number of nitrogen functional groups attached to an aromatic ring is 1. The number of ether oxygens (including phenoxy) is 1. The summed E-state index contributed by atoms with van der Waals surface area (Å²) in [5.41, 5.74) is 6.79. The van der Waals surface area contributed by atoms with E-state index in [9.17, 15) is 13.2 Å². The molecule has 100 valence electrons. The molecule has 0 atom stereocenters. The van der Waals surface area contributed by atoms with E-state index in [-0.39, 0.29) is 5.75 Å². The van der Waals surface area contributed by atoms with E-state index in [1.807, 2.05) is 0 Å². The Balaban J connectivity index is 2.09. The van der Waals surface area contributed by atoms with Crippen LogP contribution < -0.4 is 15.8 Å². The Labute approximate surface area is 107 Å². The van der Waals surface area contributed by atoms with E-state index in [2.05, 4.69) is 15.0 Å². The third-order valence-electron chi connectivity index (χ3n) is 2.21. The summed E-state index contributed by atoms with van der Waals surface area (Å²) in [7, 11) is 0.